The van der Waals surface area contributed by atoms with Gasteiger partial charge in [0.25, 0.3) is 0 Å². The molecule has 90 valence electrons. The minimum atomic E-state index is -0.233. The van der Waals surface area contributed by atoms with E-state index in [1.54, 1.807) is 0 Å². The van der Waals surface area contributed by atoms with Crippen LogP contribution in [0.1, 0.15) is 53.4 Å². The summed E-state index contributed by atoms with van der Waals surface area (Å²) in [4.78, 5) is 0. The molecule has 15 heavy (non-hydrogen) atoms. The summed E-state index contributed by atoms with van der Waals surface area (Å²) in [5.41, 5.74) is 0.0256. The van der Waals surface area contributed by atoms with Crippen LogP contribution in [0.2, 0.25) is 0 Å². The predicted molar refractivity (Wildman–Crippen MR) is 64.9 cm³/mol. The Morgan fingerprint density at radius 2 is 2.00 bits per heavy atom. The van der Waals surface area contributed by atoms with E-state index in [1.807, 2.05) is 6.92 Å². The molecule has 0 radical (unpaired) electrons. The van der Waals surface area contributed by atoms with Gasteiger partial charge in [0.15, 0.2) is 0 Å². The second-order valence-corrected chi connectivity index (χ2v) is 5.64. The number of nitrogens with one attached hydrogen (secondary N) is 1. The van der Waals surface area contributed by atoms with Crippen LogP contribution in [0.25, 0.3) is 0 Å². The van der Waals surface area contributed by atoms with Gasteiger partial charge < -0.3 is 10.4 Å². The first kappa shape index (κ1) is 13.0. The van der Waals surface area contributed by atoms with Crippen molar-refractivity contribution in [3.8, 4) is 0 Å². The molecule has 1 rings (SSSR count). The summed E-state index contributed by atoms with van der Waals surface area (Å²) in [5, 5.41) is 13.3. The average molecular weight is 213 g/mol. The Labute approximate surface area is 94.5 Å². The van der Waals surface area contributed by atoms with E-state index in [2.05, 4.69) is 26.1 Å². The van der Waals surface area contributed by atoms with Gasteiger partial charge in [-0.2, -0.15) is 0 Å². The van der Waals surface area contributed by atoms with Crippen LogP contribution < -0.4 is 5.32 Å². The summed E-state index contributed by atoms with van der Waals surface area (Å²) in [7, 11) is 0. The lowest BCUT2D eigenvalue weighted by Gasteiger charge is -2.33. The highest BCUT2D eigenvalue weighted by molar-refractivity contribution is 4.84. The van der Waals surface area contributed by atoms with Gasteiger partial charge in [-0.15, -0.1) is 0 Å². The second kappa shape index (κ2) is 5.31. The van der Waals surface area contributed by atoms with Crippen LogP contribution in [-0.4, -0.2) is 23.8 Å². The van der Waals surface area contributed by atoms with Crippen molar-refractivity contribution in [3.05, 3.63) is 0 Å². The SMILES string of the molecule is CCC(C)(CNC(C)CC1CC1)C(C)O. The van der Waals surface area contributed by atoms with E-state index >= 15 is 0 Å². The van der Waals surface area contributed by atoms with Crippen LogP contribution in [0.3, 0.4) is 0 Å². The Bertz CT molecular complexity index is 189. The van der Waals surface area contributed by atoms with Crippen molar-refractivity contribution in [3.63, 3.8) is 0 Å². The number of aliphatic hydroxyl groups excluding tert-OH is 1. The summed E-state index contributed by atoms with van der Waals surface area (Å²) in [5.74, 6) is 0.979. The maximum absolute atomic E-state index is 9.74. The predicted octanol–water partition coefficient (Wildman–Crippen LogP) is 2.56. The molecule has 0 aromatic carbocycles. The molecule has 0 heterocycles. The number of rotatable bonds is 7. The Kier molecular flexibility index (Phi) is 4.60. The van der Waals surface area contributed by atoms with E-state index in [1.165, 1.54) is 19.3 Å². The fraction of sp³-hybridized carbons (Fsp3) is 1.00. The zero-order valence-electron chi connectivity index (χ0n) is 10.7. The zero-order valence-corrected chi connectivity index (χ0v) is 10.7. The van der Waals surface area contributed by atoms with Crippen LogP contribution >= 0.6 is 0 Å². The van der Waals surface area contributed by atoms with Crippen LogP contribution in [0.15, 0.2) is 0 Å². The van der Waals surface area contributed by atoms with Crippen LogP contribution in [0.5, 0.6) is 0 Å². The molecule has 2 heteroatoms. The van der Waals surface area contributed by atoms with Gasteiger partial charge in [-0.25, -0.2) is 0 Å². The average Bonchev–Trinajstić information content (AvgIpc) is 2.97. The summed E-state index contributed by atoms with van der Waals surface area (Å²) in [6.45, 7) is 9.40. The van der Waals surface area contributed by atoms with Crippen molar-refractivity contribution < 1.29 is 5.11 Å². The molecule has 0 amide bonds. The molecule has 3 atom stereocenters. The smallest absolute Gasteiger partial charge is 0.0577 e. The molecule has 0 aromatic rings. The molecular weight excluding hydrogens is 186 g/mol. The molecule has 1 saturated carbocycles. The lowest BCUT2D eigenvalue weighted by atomic mass is 9.82. The monoisotopic (exact) mass is 213 g/mol. The van der Waals surface area contributed by atoms with Gasteiger partial charge in [0, 0.05) is 18.0 Å². The molecule has 1 aliphatic rings. The van der Waals surface area contributed by atoms with E-state index in [0.29, 0.717) is 6.04 Å². The lowest BCUT2D eigenvalue weighted by Crippen LogP contribution is -2.42. The fourth-order valence-corrected chi connectivity index (χ4v) is 1.91. The van der Waals surface area contributed by atoms with Gasteiger partial charge in [0.1, 0.15) is 0 Å². The van der Waals surface area contributed by atoms with Gasteiger partial charge in [-0.05, 0) is 32.6 Å². The molecule has 1 fully saturated rings. The van der Waals surface area contributed by atoms with Gasteiger partial charge >= 0.3 is 0 Å². The maximum Gasteiger partial charge on any atom is 0.0577 e. The molecule has 0 aromatic heterocycles. The molecule has 2 N–H and O–H groups in total. The molecule has 0 spiro atoms. The quantitative estimate of drug-likeness (QED) is 0.681. The zero-order chi connectivity index (χ0) is 11.5. The Morgan fingerprint density at radius 3 is 2.40 bits per heavy atom. The summed E-state index contributed by atoms with van der Waals surface area (Å²) in [6, 6.07) is 0.599. The van der Waals surface area contributed by atoms with E-state index in [-0.39, 0.29) is 11.5 Å². The van der Waals surface area contributed by atoms with Crippen molar-refractivity contribution in [2.75, 3.05) is 6.54 Å². The second-order valence-electron chi connectivity index (χ2n) is 5.64. The Balaban J connectivity index is 2.25. The summed E-state index contributed by atoms with van der Waals surface area (Å²) >= 11 is 0. The molecular formula is C13H27NO. The minimum absolute atomic E-state index is 0.0256. The first-order chi connectivity index (χ1) is 6.98. The largest absolute Gasteiger partial charge is 0.393 e. The van der Waals surface area contributed by atoms with E-state index < -0.39 is 0 Å². The van der Waals surface area contributed by atoms with Crippen LogP contribution in [0, 0.1) is 11.3 Å². The Hall–Kier alpha value is -0.0800. The van der Waals surface area contributed by atoms with E-state index in [4.69, 9.17) is 0 Å². The number of hydrogen-bond acceptors (Lipinski definition) is 2. The molecule has 2 nitrogen and oxygen atoms in total. The van der Waals surface area contributed by atoms with Crippen LogP contribution in [-0.2, 0) is 0 Å². The maximum atomic E-state index is 9.74. The van der Waals surface area contributed by atoms with Crippen molar-refractivity contribution >= 4 is 0 Å². The topological polar surface area (TPSA) is 32.3 Å². The molecule has 0 bridgehead atoms. The summed E-state index contributed by atoms with van der Waals surface area (Å²) in [6.07, 6.45) is 4.94. The van der Waals surface area contributed by atoms with Gasteiger partial charge in [-0.1, -0.05) is 26.7 Å². The van der Waals surface area contributed by atoms with Crippen molar-refractivity contribution in [1.29, 1.82) is 0 Å². The Morgan fingerprint density at radius 1 is 1.40 bits per heavy atom. The van der Waals surface area contributed by atoms with Crippen molar-refractivity contribution in [2.45, 2.75) is 65.5 Å². The normalized spacial score (nSPS) is 24.6. The fourth-order valence-electron chi connectivity index (χ4n) is 1.91. The highest BCUT2D eigenvalue weighted by atomic mass is 16.3. The minimum Gasteiger partial charge on any atom is -0.393 e. The van der Waals surface area contributed by atoms with Gasteiger partial charge in [-0.3, -0.25) is 0 Å². The molecule has 1 aliphatic carbocycles. The van der Waals surface area contributed by atoms with Gasteiger partial charge in [0.05, 0.1) is 6.10 Å². The summed E-state index contributed by atoms with van der Waals surface area (Å²) < 4.78 is 0. The van der Waals surface area contributed by atoms with Crippen molar-refractivity contribution in [2.24, 2.45) is 11.3 Å². The highest BCUT2D eigenvalue weighted by Crippen LogP contribution is 2.33. The molecule has 3 unspecified atom stereocenters. The third-order valence-corrected chi connectivity index (χ3v) is 4.05. The molecule has 0 aliphatic heterocycles. The van der Waals surface area contributed by atoms with Gasteiger partial charge in [0.2, 0.25) is 0 Å². The highest BCUT2D eigenvalue weighted by Gasteiger charge is 2.29. The number of aliphatic hydroxyl groups is 1. The first-order valence-electron chi connectivity index (χ1n) is 6.39. The number of hydrogen-bond donors (Lipinski definition) is 2. The standard InChI is InChI=1S/C13H27NO/c1-5-13(4,11(3)15)9-14-10(2)8-12-6-7-12/h10-12,14-15H,5-9H2,1-4H3. The van der Waals surface area contributed by atoms with E-state index in [9.17, 15) is 5.11 Å². The van der Waals surface area contributed by atoms with Crippen molar-refractivity contribution in [1.82, 2.24) is 5.32 Å². The lowest BCUT2D eigenvalue weighted by molar-refractivity contribution is 0.0470. The third-order valence-electron chi connectivity index (χ3n) is 4.05. The molecule has 0 saturated heterocycles. The third kappa shape index (κ3) is 4.12. The van der Waals surface area contributed by atoms with E-state index in [0.717, 1.165) is 18.9 Å². The first-order valence-corrected chi connectivity index (χ1v) is 6.39. The van der Waals surface area contributed by atoms with Crippen LogP contribution in [0.4, 0.5) is 0 Å².